The molecule has 0 aromatic rings. The summed E-state index contributed by atoms with van der Waals surface area (Å²) in [5, 5.41) is 8.59. The highest BCUT2D eigenvalue weighted by Gasteiger charge is 2.35. The molecule has 6 heteroatoms. The number of hydrogen-bond acceptors (Lipinski definition) is 5. The van der Waals surface area contributed by atoms with Gasteiger partial charge >= 0.3 is 0 Å². The number of likely N-dealkylation sites (tertiary alicyclic amines) is 1. The van der Waals surface area contributed by atoms with Crippen LogP contribution in [-0.4, -0.2) is 39.7 Å². The maximum absolute atomic E-state index is 11.3. The minimum Gasteiger partial charge on any atom is -0.274 e. The Morgan fingerprint density at radius 3 is 2.50 bits per heavy atom. The van der Waals surface area contributed by atoms with Crippen LogP contribution in [0.15, 0.2) is 0 Å². The van der Waals surface area contributed by atoms with Gasteiger partial charge in [-0.3, -0.25) is 14.5 Å². The Labute approximate surface area is 86.3 Å². The maximum Gasteiger partial charge on any atom is 0.231 e. The summed E-state index contributed by atoms with van der Waals surface area (Å²) < 4.78 is 0. The molecule has 0 aromatic heterocycles. The Morgan fingerprint density at radius 1 is 1.50 bits per heavy atom. The molecule has 0 aromatic carbocycles. The highest BCUT2D eigenvalue weighted by Crippen LogP contribution is 2.18. The highest BCUT2D eigenvalue weighted by atomic mass is 32.2. The number of rotatable bonds is 5. The van der Waals surface area contributed by atoms with E-state index < -0.39 is 6.23 Å². The largest absolute Gasteiger partial charge is 0.274 e. The molecule has 0 aliphatic carbocycles. The maximum atomic E-state index is 11.3. The van der Waals surface area contributed by atoms with Gasteiger partial charge in [0.2, 0.25) is 11.8 Å². The molecular formula is C8H13NO4S. The number of imide groups is 1. The molecule has 0 bridgehead atoms. The molecule has 14 heavy (non-hydrogen) atoms. The van der Waals surface area contributed by atoms with Crippen molar-refractivity contribution in [1.82, 2.24) is 4.90 Å². The van der Waals surface area contributed by atoms with Crippen molar-refractivity contribution in [3.8, 4) is 0 Å². The molecule has 1 N–H and O–H groups in total. The van der Waals surface area contributed by atoms with Gasteiger partial charge in [-0.2, -0.15) is 11.8 Å². The third kappa shape index (κ3) is 2.46. The standard InChI is InChI=1S/C8H13NO4S/c1-2-14-5-8(13-12)9-6(10)3-4-7(9)11/h8,12H,2-5H2,1H3. The summed E-state index contributed by atoms with van der Waals surface area (Å²) in [5.41, 5.74) is 0. The summed E-state index contributed by atoms with van der Waals surface area (Å²) in [6.07, 6.45) is -0.396. The molecule has 80 valence electrons. The number of carbonyl (C=O) groups excluding carboxylic acids is 2. The second-order valence-corrected chi connectivity index (χ2v) is 4.20. The van der Waals surface area contributed by atoms with E-state index in [4.69, 9.17) is 5.26 Å². The fourth-order valence-corrected chi connectivity index (χ4v) is 1.93. The Kier molecular flexibility index (Phi) is 4.37. The third-order valence-electron chi connectivity index (χ3n) is 1.96. The van der Waals surface area contributed by atoms with Gasteiger partial charge in [0.25, 0.3) is 0 Å². The van der Waals surface area contributed by atoms with Crippen LogP contribution in [0.5, 0.6) is 0 Å². The molecule has 0 radical (unpaired) electrons. The van der Waals surface area contributed by atoms with E-state index in [-0.39, 0.29) is 24.7 Å². The minimum atomic E-state index is -0.831. The molecule has 0 spiro atoms. The van der Waals surface area contributed by atoms with E-state index in [0.717, 1.165) is 10.7 Å². The fourth-order valence-electron chi connectivity index (χ4n) is 1.29. The molecule has 1 atom stereocenters. The molecule has 0 saturated carbocycles. The molecule has 1 rings (SSSR count). The average molecular weight is 219 g/mol. The zero-order valence-corrected chi connectivity index (χ0v) is 8.75. The van der Waals surface area contributed by atoms with Crippen molar-refractivity contribution in [3.05, 3.63) is 0 Å². The Morgan fingerprint density at radius 2 is 2.07 bits per heavy atom. The van der Waals surface area contributed by atoms with Crippen LogP contribution in [0.2, 0.25) is 0 Å². The van der Waals surface area contributed by atoms with Crippen molar-refractivity contribution in [2.75, 3.05) is 11.5 Å². The van der Waals surface area contributed by atoms with Crippen LogP contribution in [0.3, 0.4) is 0 Å². The van der Waals surface area contributed by atoms with Crippen LogP contribution in [0.1, 0.15) is 19.8 Å². The van der Waals surface area contributed by atoms with Gasteiger partial charge in [0.1, 0.15) is 0 Å². The predicted octanol–water partition coefficient (Wildman–Crippen LogP) is 0.704. The molecule has 1 unspecified atom stereocenters. The monoisotopic (exact) mass is 219 g/mol. The van der Waals surface area contributed by atoms with Gasteiger partial charge in [-0.1, -0.05) is 6.92 Å². The van der Waals surface area contributed by atoms with Gasteiger partial charge < -0.3 is 0 Å². The second-order valence-electron chi connectivity index (χ2n) is 2.88. The number of nitrogens with zero attached hydrogens (tertiary/aromatic N) is 1. The predicted molar refractivity (Wildman–Crippen MR) is 51.6 cm³/mol. The molecule has 1 aliphatic heterocycles. The van der Waals surface area contributed by atoms with Crippen LogP contribution in [-0.2, 0) is 14.5 Å². The molecule has 2 amide bonds. The van der Waals surface area contributed by atoms with E-state index in [1.54, 1.807) is 0 Å². The van der Waals surface area contributed by atoms with E-state index in [9.17, 15) is 9.59 Å². The lowest BCUT2D eigenvalue weighted by molar-refractivity contribution is -0.297. The topological polar surface area (TPSA) is 66.8 Å². The number of thioether (sulfide) groups is 1. The van der Waals surface area contributed by atoms with E-state index in [1.165, 1.54) is 11.8 Å². The minimum absolute atomic E-state index is 0.218. The van der Waals surface area contributed by atoms with E-state index in [2.05, 4.69) is 4.89 Å². The van der Waals surface area contributed by atoms with Gasteiger partial charge in [-0.15, -0.1) is 0 Å². The zero-order valence-electron chi connectivity index (χ0n) is 7.93. The number of amides is 2. The highest BCUT2D eigenvalue weighted by molar-refractivity contribution is 7.99. The summed E-state index contributed by atoms with van der Waals surface area (Å²) >= 11 is 1.50. The second kappa shape index (κ2) is 5.33. The van der Waals surface area contributed by atoms with Crippen LogP contribution < -0.4 is 0 Å². The van der Waals surface area contributed by atoms with Crippen LogP contribution >= 0.6 is 11.8 Å². The van der Waals surface area contributed by atoms with Gasteiger partial charge in [-0.05, 0) is 5.75 Å². The van der Waals surface area contributed by atoms with Crippen molar-refractivity contribution in [3.63, 3.8) is 0 Å². The first kappa shape index (κ1) is 11.5. The lowest BCUT2D eigenvalue weighted by Crippen LogP contribution is -2.42. The Bertz CT molecular complexity index is 217. The quantitative estimate of drug-likeness (QED) is 0.419. The molecule has 5 nitrogen and oxygen atoms in total. The van der Waals surface area contributed by atoms with Crippen LogP contribution in [0.4, 0.5) is 0 Å². The SMILES string of the molecule is CCSCC(OO)N1C(=O)CCC1=O. The van der Waals surface area contributed by atoms with Crippen molar-refractivity contribution >= 4 is 23.6 Å². The Balaban J connectivity index is 2.58. The van der Waals surface area contributed by atoms with Gasteiger partial charge in [0.05, 0.1) is 0 Å². The van der Waals surface area contributed by atoms with Crippen LogP contribution in [0, 0.1) is 0 Å². The first-order chi connectivity index (χ1) is 6.70. The summed E-state index contributed by atoms with van der Waals surface area (Å²) in [6, 6.07) is 0. The summed E-state index contributed by atoms with van der Waals surface area (Å²) in [4.78, 5) is 27.6. The smallest absolute Gasteiger partial charge is 0.231 e. The van der Waals surface area contributed by atoms with Crippen molar-refractivity contribution < 1.29 is 19.7 Å². The molecule has 1 heterocycles. The zero-order chi connectivity index (χ0) is 10.6. The lowest BCUT2D eigenvalue weighted by atomic mass is 10.4. The van der Waals surface area contributed by atoms with E-state index in [1.807, 2.05) is 6.92 Å². The summed E-state index contributed by atoms with van der Waals surface area (Å²) in [5.74, 6) is 0.706. The molecular weight excluding hydrogens is 206 g/mol. The molecule has 1 aliphatic rings. The molecule has 1 fully saturated rings. The van der Waals surface area contributed by atoms with E-state index in [0.29, 0.717) is 5.75 Å². The summed E-state index contributed by atoms with van der Waals surface area (Å²) in [6.45, 7) is 1.95. The van der Waals surface area contributed by atoms with Gasteiger partial charge in [0.15, 0.2) is 6.23 Å². The number of carbonyl (C=O) groups is 2. The normalized spacial score (nSPS) is 19.1. The van der Waals surface area contributed by atoms with Crippen LogP contribution in [0.25, 0.3) is 0 Å². The summed E-state index contributed by atoms with van der Waals surface area (Å²) in [7, 11) is 0. The van der Waals surface area contributed by atoms with Gasteiger partial charge in [0, 0.05) is 18.6 Å². The third-order valence-corrected chi connectivity index (χ3v) is 2.89. The fraction of sp³-hybridized carbons (Fsp3) is 0.750. The number of hydrogen-bond donors (Lipinski definition) is 1. The Hall–Kier alpha value is -0.590. The van der Waals surface area contributed by atoms with Gasteiger partial charge in [-0.25, -0.2) is 10.1 Å². The first-order valence-electron chi connectivity index (χ1n) is 4.43. The average Bonchev–Trinajstić information content (AvgIpc) is 2.50. The van der Waals surface area contributed by atoms with Crippen molar-refractivity contribution in [2.45, 2.75) is 26.0 Å². The van der Waals surface area contributed by atoms with E-state index >= 15 is 0 Å². The van der Waals surface area contributed by atoms with Crippen molar-refractivity contribution in [1.29, 1.82) is 0 Å². The first-order valence-corrected chi connectivity index (χ1v) is 5.59. The molecule has 1 saturated heterocycles. The lowest BCUT2D eigenvalue weighted by Gasteiger charge is -2.22. The van der Waals surface area contributed by atoms with Crippen molar-refractivity contribution in [2.24, 2.45) is 0 Å².